The Labute approximate surface area is 68.6 Å². The lowest BCUT2D eigenvalue weighted by atomic mass is 10.3. The second-order valence-corrected chi connectivity index (χ2v) is 1.99. The molecular formula is C7H5N3O2. The van der Waals surface area contributed by atoms with Crippen LogP contribution in [0.2, 0.25) is 0 Å². The van der Waals surface area contributed by atoms with Crippen LogP contribution in [-0.2, 0) is 0 Å². The van der Waals surface area contributed by atoms with Gasteiger partial charge in [0.05, 0.1) is 0 Å². The summed E-state index contributed by atoms with van der Waals surface area (Å²) in [5.74, 6) is 0. The summed E-state index contributed by atoms with van der Waals surface area (Å²) in [7, 11) is 0. The zero-order valence-corrected chi connectivity index (χ0v) is 6.04. The van der Waals surface area contributed by atoms with Gasteiger partial charge in [-0.1, -0.05) is 18.2 Å². The van der Waals surface area contributed by atoms with E-state index in [2.05, 4.69) is 0 Å². The van der Waals surface area contributed by atoms with Crippen LogP contribution in [0.5, 0.6) is 0 Å². The Bertz CT molecular complexity index is 317. The fourth-order valence-electron chi connectivity index (χ4n) is 0.758. The molecule has 0 spiro atoms. The van der Waals surface area contributed by atoms with Crippen LogP contribution in [0.25, 0.3) is 0 Å². The van der Waals surface area contributed by atoms with Crippen LogP contribution >= 0.6 is 0 Å². The third-order valence-electron chi connectivity index (χ3n) is 1.26. The Morgan fingerprint density at radius 1 is 1.42 bits per heavy atom. The zero-order chi connectivity index (χ0) is 8.97. The molecule has 0 aromatic heterocycles. The first kappa shape index (κ1) is 8.01. The fourth-order valence-corrected chi connectivity index (χ4v) is 0.758. The first-order valence-corrected chi connectivity index (χ1v) is 3.15. The molecule has 1 aromatic carbocycles. The van der Waals surface area contributed by atoms with Gasteiger partial charge in [-0.25, -0.2) is 10.1 Å². The van der Waals surface area contributed by atoms with Crippen molar-refractivity contribution < 1.29 is 5.03 Å². The quantitative estimate of drug-likeness (QED) is 0.284. The van der Waals surface area contributed by atoms with Gasteiger partial charge in [0, 0.05) is 5.01 Å². The van der Waals surface area contributed by atoms with Crippen molar-refractivity contribution in [3.8, 4) is 6.19 Å². The summed E-state index contributed by atoms with van der Waals surface area (Å²) in [5, 5.41) is 18.3. The van der Waals surface area contributed by atoms with Gasteiger partial charge in [-0.2, -0.15) is 5.26 Å². The van der Waals surface area contributed by atoms with Gasteiger partial charge in [0.1, 0.15) is 5.69 Å². The van der Waals surface area contributed by atoms with E-state index in [1.54, 1.807) is 18.2 Å². The van der Waals surface area contributed by atoms with E-state index in [1.807, 2.05) is 0 Å². The Kier molecular flexibility index (Phi) is 2.23. The second kappa shape index (κ2) is 3.34. The highest BCUT2D eigenvalue weighted by Gasteiger charge is 2.14. The molecule has 0 aliphatic rings. The molecule has 0 N–H and O–H groups in total. The van der Waals surface area contributed by atoms with Crippen LogP contribution in [0.1, 0.15) is 0 Å². The number of nitro groups is 1. The van der Waals surface area contributed by atoms with E-state index in [0.717, 1.165) is 0 Å². The van der Waals surface area contributed by atoms with Gasteiger partial charge in [0.2, 0.25) is 0 Å². The molecule has 0 saturated carbocycles. The molecule has 0 heterocycles. The van der Waals surface area contributed by atoms with E-state index in [9.17, 15) is 10.1 Å². The minimum absolute atomic E-state index is 0.255. The molecule has 0 unspecified atom stereocenters. The van der Waals surface area contributed by atoms with Gasteiger partial charge in [-0.05, 0) is 12.1 Å². The van der Waals surface area contributed by atoms with Crippen molar-refractivity contribution in [2.24, 2.45) is 0 Å². The predicted molar refractivity (Wildman–Crippen MR) is 41.5 cm³/mol. The summed E-state index contributed by atoms with van der Waals surface area (Å²) in [4.78, 5) is 10.2. The van der Waals surface area contributed by atoms with E-state index in [-0.39, 0.29) is 5.69 Å². The SMILES string of the molecule is N#CN(c1ccccc1)[N+](=O)[O-]. The minimum atomic E-state index is -0.769. The molecule has 5 nitrogen and oxygen atoms in total. The molecule has 60 valence electrons. The van der Waals surface area contributed by atoms with Crippen molar-refractivity contribution in [2.75, 3.05) is 5.01 Å². The summed E-state index contributed by atoms with van der Waals surface area (Å²) < 4.78 is 0. The third kappa shape index (κ3) is 1.49. The lowest BCUT2D eigenvalue weighted by molar-refractivity contribution is -0.483. The van der Waals surface area contributed by atoms with Gasteiger partial charge >= 0.3 is 0 Å². The van der Waals surface area contributed by atoms with Crippen LogP contribution in [-0.4, -0.2) is 5.03 Å². The van der Waals surface area contributed by atoms with Gasteiger partial charge in [0.25, 0.3) is 6.19 Å². The molecular weight excluding hydrogens is 158 g/mol. The Hall–Kier alpha value is -2.09. The third-order valence-corrected chi connectivity index (χ3v) is 1.26. The van der Waals surface area contributed by atoms with Crippen molar-refractivity contribution >= 4 is 5.69 Å². The Balaban J connectivity index is 2.98. The maximum absolute atomic E-state index is 10.2. The number of anilines is 1. The number of rotatable bonds is 2. The fraction of sp³-hybridized carbons (Fsp3) is 0. The molecule has 0 aliphatic carbocycles. The number of nitriles is 1. The van der Waals surface area contributed by atoms with E-state index in [1.165, 1.54) is 18.3 Å². The largest absolute Gasteiger partial charge is 0.251 e. The van der Waals surface area contributed by atoms with Gasteiger partial charge in [-0.15, -0.1) is 0 Å². The van der Waals surface area contributed by atoms with Crippen LogP contribution in [0.3, 0.4) is 0 Å². The van der Waals surface area contributed by atoms with E-state index in [0.29, 0.717) is 5.01 Å². The van der Waals surface area contributed by atoms with E-state index < -0.39 is 5.03 Å². The van der Waals surface area contributed by atoms with Crippen molar-refractivity contribution in [1.29, 1.82) is 5.26 Å². The number of hydrogen-bond donors (Lipinski definition) is 0. The smallest absolute Gasteiger partial charge is 0.233 e. The summed E-state index contributed by atoms with van der Waals surface area (Å²) in [6.07, 6.45) is 1.45. The standard InChI is InChI=1S/C7H5N3O2/c8-6-9(10(11)12)7-4-2-1-3-5-7/h1-5H. The highest BCUT2D eigenvalue weighted by molar-refractivity contribution is 5.46. The maximum atomic E-state index is 10.2. The number of hydrogen-bond acceptors (Lipinski definition) is 3. The first-order valence-electron chi connectivity index (χ1n) is 3.15. The maximum Gasteiger partial charge on any atom is 0.251 e. The Morgan fingerprint density at radius 3 is 2.42 bits per heavy atom. The molecule has 0 saturated heterocycles. The monoisotopic (exact) mass is 163 g/mol. The van der Waals surface area contributed by atoms with Gasteiger partial charge in [0.15, 0.2) is 5.03 Å². The molecule has 0 radical (unpaired) electrons. The molecule has 12 heavy (non-hydrogen) atoms. The molecule has 0 atom stereocenters. The highest BCUT2D eigenvalue weighted by Crippen LogP contribution is 2.11. The summed E-state index contributed by atoms with van der Waals surface area (Å²) in [6.45, 7) is 0. The van der Waals surface area contributed by atoms with Crippen LogP contribution < -0.4 is 5.01 Å². The van der Waals surface area contributed by atoms with Crippen molar-refractivity contribution in [2.45, 2.75) is 0 Å². The average Bonchev–Trinajstić information content (AvgIpc) is 2.07. The summed E-state index contributed by atoms with van der Waals surface area (Å²) >= 11 is 0. The number of nitrogens with zero attached hydrogens (tertiary/aromatic N) is 3. The summed E-state index contributed by atoms with van der Waals surface area (Å²) in [6, 6.07) is 7.96. The molecule has 5 heteroatoms. The van der Waals surface area contributed by atoms with Crippen LogP contribution in [0, 0.1) is 21.6 Å². The molecule has 0 bridgehead atoms. The normalized spacial score (nSPS) is 8.58. The average molecular weight is 163 g/mol. The zero-order valence-electron chi connectivity index (χ0n) is 6.04. The lowest BCUT2D eigenvalue weighted by Crippen LogP contribution is -2.23. The second-order valence-electron chi connectivity index (χ2n) is 1.99. The van der Waals surface area contributed by atoms with Crippen molar-refractivity contribution in [1.82, 2.24) is 0 Å². The topological polar surface area (TPSA) is 70.2 Å². The molecule has 1 rings (SSSR count). The molecule has 0 amide bonds. The van der Waals surface area contributed by atoms with Gasteiger partial charge in [-0.3, -0.25) is 0 Å². The Morgan fingerprint density at radius 2 is 2.00 bits per heavy atom. The van der Waals surface area contributed by atoms with Crippen molar-refractivity contribution in [3.63, 3.8) is 0 Å². The number of para-hydroxylation sites is 1. The van der Waals surface area contributed by atoms with E-state index >= 15 is 0 Å². The first-order chi connectivity index (χ1) is 5.75. The number of benzene rings is 1. The van der Waals surface area contributed by atoms with Crippen LogP contribution in [0.4, 0.5) is 5.69 Å². The van der Waals surface area contributed by atoms with Crippen molar-refractivity contribution in [3.05, 3.63) is 40.4 Å². The predicted octanol–water partition coefficient (Wildman–Crippen LogP) is 1.17. The lowest BCUT2D eigenvalue weighted by Gasteiger charge is -2.02. The molecule has 1 aromatic rings. The minimum Gasteiger partial charge on any atom is -0.233 e. The van der Waals surface area contributed by atoms with Crippen LogP contribution in [0.15, 0.2) is 30.3 Å². The highest BCUT2D eigenvalue weighted by atomic mass is 16.7. The molecule has 0 aliphatic heterocycles. The molecule has 0 fully saturated rings. The van der Waals surface area contributed by atoms with Gasteiger partial charge < -0.3 is 0 Å². The number of hydrazine groups is 1. The van der Waals surface area contributed by atoms with E-state index in [4.69, 9.17) is 5.26 Å². The summed E-state index contributed by atoms with van der Waals surface area (Å²) in [5.41, 5.74) is 0.255.